The molecule has 0 spiro atoms. The van der Waals surface area contributed by atoms with E-state index in [1.165, 1.54) is 16.7 Å². The van der Waals surface area contributed by atoms with E-state index in [4.69, 9.17) is 34.8 Å². The van der Waals surface area contributed by atoms with Crippen molar-refractivity contribution in [3.05, 3.63) is 57.5 Å². The monoisotopic (exact) mass is 416 g/mol. The van der Waals surface area contributed by atoms with Crippen LogP contribution in [0, 0.1) is 0 Å². The standard InChI is InChI=1S/C17H15Cl3N2O2S/c1-22(16(24)10-25-14-8-3-2-5-11(14)18)9-15(23)21-17-12(19)6-4-7-13(17)20/h2-8H,9-10H2,1H3,(H,21,23). The fourth-order valence-corrected chi connectivity index (χ4v) is 3.58. The van der Waals surface area contributed by atoms with Crippen LogP contribution in [0.2, 0.25) is 15.1 Å². The molecular weight excluding hydrogens is 403 g/mol. The minimum Gasteiger partial charge on any atom is -0.336 e. The molecular formula is C17H15Cl3N2O2S. The van der Waals surface area contributed by atoms with Crippen LogP contribution in [0.1, 0.15) is 0 Å². The van der Waals surface area contributed by atoms with E-state index in [9.17, 15) is 9.59 Å². The lowest BCUT2D eigenvalue weighted by Gasteiger charge is -2.17. The fraction of sp³-hybridized carbons (Fsp3) is 0.176. The summed E-state index contributed by atoms with van der Waals surface area (Å²) >= 11 is 19.4. The first-order valence-corrected chi connectivity index (χ1v) is 9.35. The summed E-state index contributed by atoms with van der Waals surface area (Å²) in [6.07, 6.45) is 0. The van der Waals surface area contributed by atoms with Gasteiger partial charge in [-0.25, -0.2) is 0 Å². The lowest BCUT2D eigenvalue weighted by atomic mass is 10.3. The van der Waals surface area contributed by atoms with Gasteiger partial charge in [-0.2, -0.15) is 0 Å². The molecule has 0 saturated carbocycles. The van der Waals surface area contributed by atoms with Crippen LogP contribution in [0.25, 0.3) is 0 Å². The summed E-state index contributed by atoms with van der Waals surface area (Å²) in [5.41, 5.74) is 0.335. The Bertz CT molecular complexity index is 766. The van der Waals surface area contributed by atoms with Crippen LogP contribution >= 0.6 is 46.6 Å². The predicted octanol–water partition coefficient (Wildman–Crippen LogP) is 4.84. The molecule has 4 nitrogen and oxygen atoms in total. The molecule has 0 heterocycles. The van der Waals surface area contributed by atoms with E-state index in [1.807, 2.05) is 18.2 Å². The molecule has 0 aliphatic heterocycles. The van der Waals surface area contributed by atoms with Crippen LogP contribution in [-0.4, -0.2) is 36.1 Å². The summed E-state index contributed by atoms with van der Waals surface area (Å²) in [4.78, 5) is 26.4. The van der Waals surface area contributed by atoms with Crippen molar-refractivity contribution in [2.24, 2.45) is 0 Å². The number of carbonyl (C=O) groups is 2. The van der Waals surface area contributed by atoms with Crippen molar-refractivity contribution in [3.8, 4) is 0 Å². The maximum absolute atomic E-state index is 12.2. The largest absolute Gasteiger partial charge is 0.336 e. The van der Waals surface area contributed by atoms with Crippen molar-refractivity contribution in [2.75, 3.05) is 24.7 Å². The number of benzene rings is 2. The number of nitrogens with one attached hydrogen (secondary N) is 1. The molecule has 1 N–H and O–H groups in total. The summed E-state index contributed by atoms with van der Waals surface area (Å²) in [7, 11) is 1.56. The van der Waals surface area contributed by atoms with E-state index in [0.29, 0.717) is 20.8 Å². The molecule has 2 amide bonds. The number of nitrogens with zero attached hydrogens (tertiary/aromatic N) is 1. The average Bonchev–Trinajstić information content (AvgIpc) is 2.57. The van der Waals surface area contributed by atoms with Crippen LogP contribution in [0.5, 0.6) is 0 Å². The second kappa shape index (κ2) is 9.34. The zero-order chi connectivity index (χ0) is 18.4. The third-order valence-corrected chi connectivity index (χ3v) is 5.35. The Morgan fingerprint density at radius 3 is 2.24 bits per heavy atom. The summed E-state index contributed by atoms with van der Waals surface area (Å²) in [6.45, 7) is -0.108. The Morgan fingerprint density at radius 1 is 1.00 bits per heavy atom. The second-order valence-electron chi connectivity index (χ2n) is 5.11. The lowest BCUT2D eigenvalue weighted by Crippen LogP contribution is -2.36. The highest BCUT2D eigenvalue weighted by Gasteiger charge is 2.16. The molecule has 0 aliphatic carbocycles. The number of hydrogen-bond acceptors (Lipinski definition) is 3. The Morgan fingerprint density at radius 2 is 1.60 bits per heavy atom. The minimum absolute atomic E-state index is 0.108. The zero-order valence-corrected chi connectivity index (χ0v) is 16.3. The Kier molecular flexibility index (Phi) is 7.44. The van der Waals surface area contributed by atoms with Gasteiger partial charge in [0.1, 0.15) is 0 Å². The van der Waals surface area contributed by atoms with Gasteiger partial charge in [0.25, 0.3) is 0 Å². The lowest BCUT2D eigenvalue weighted by molar-refractivity contribution is -0.131. The number of para-hydroxylation sites is 1. The van der Waals surface area contributed by atoms with E-state index in [1.54, 1.807) is 31.3 Å². The first-order valence-electron chi connectivity index (χ1n) is 7.23. The number of carbonyl (C=O) groups excluding carboxylic acids is 2. The fourth-order valence-electron chi connectivity index (χ4n) is 1.91. The number of anilines is 1. The van der Waals surface area contributed by atoms with E-state index >= 15 is 0 Å². The normalized spacial score (nSPS) is 10.4. The van der Waals surface area contributed by atoms with E-state index in [0.717, 1.165) is 4.90 Å². The summed E-state index contributed by atoms with van der Waals surface area (Å²) in [6, 6.07) is 12.2. The van der Waals surface area contributed by atoms with Crippen LogP contribution < -0.4 is 5.32 Å². The van der Waals surface area contributed by atoms with Crippen molar-refractivity contribution in [1.29, 1.82) is 0 Å². The van der Waals surface area contributed by atoms with Gasteiger partial charge in [-0.05, 0) is 24.3 Å². The second-order valence-corrected chi connectivity index (χ2v) is 7.35. The molecule has 0 atom stereocenters. The van der Waals surface area contributed by atoms with Gasteiger partial charge in [0.15, 0.2) is 0 Å². The molecule has 0 bridgehead atoms. The van der Waals surface area contributed by atoms with E-state index in [2.05, 4.69) is 5.32 Å². The Labute approximate surface area is 165 Å². The molecule has 0 saturated heterocycles. The van der Waals surface area contributed by atoms with Gasteiger partial charge in [0.2, 0.25) is 11.8 Å². The number of hydrogen-bond donors (Lipinski definition) is 1. The molecule has 0 radical (unpaired) electrons. The molecule has 0 unspecified atom stereocenters. The molecule has 0 fully saturated rings. The van der Waals surface area contributed by atoms with Crippen LogP contribution in [0.15, 0.2) is 47.4 Å². The number of thioether (sulfide) groups is 1. The van der Waals surface area contributed by atoms with Crippen molar-refractivity contribution in [1.82, 2.24) is 4.90 Å². The molecule has 2 aromatic carbocycles. The molecule has 8 heteroatoms. The molecule has 0 aromatic heterocycles. The average molecular weight is 418 g/mol. The van der Waals surface area contributed by atoms with Crippen LogP contribution in [0.4, 0.5) is 5.69 Å². The molecule has 25 heavy (non-hydrogen) atoms. The van der Waals surface area contributed by atoms with Gasteiger partial charge in [-0.15, -0.1) is 11.8 Å². The van der Waals surface area contributed by atoms with Gasteiger partial charge in [-0.3, -0.25) is 9.59 Å². The maximum atomic E-state index is 12.2. The van der Waals surface area contributed by atoms with Gasteiger partial charge in [-0.1, -0.05) is 53.0 Å². The predicted molar refractivity (Wildman–Crippen MR) is 105 cm³/mol. The summed E-state index contributed by atoms with van der Waals surface area (Å²) < 4.78 is 0. The number of likely N-dealkylation sites (N-methyl/N-ethyl adjacent to an activating group) is 1. The van der Waals surface area contributed by atoms with Gasteiger partial charge < -0.3 is 10.2 Å². The number of halogens is 3. The SMILES string of the molecule is CN(CC(=O)Nc1c(Cl)cccc1Cl)C(=O)CSc1ccccc1Cl. The molecule has 2 rings (SSSR count). The smallest absolute Gasteiger partial charge is 0.244 e. The molecule has 132 valence electrons. The number of rotatable bonds is 6. The van der Waals surface area contributed by atoms with Gasteiger partial charge in [0, 0.05) is 11.9 Å². The van der Waals surface area contributed by atoms with Gasteiger partial charge >= 0.3 is 0 Å². The van der Waals surface area contributed by atoms with Gasteiger partial charge in [0.05, 0.1) is 33.1 Å². The highest BCUT2D eigenvalue weighted by atomic mass is 35.5. The topological polar surface area (TPSA) is 49.4 Å². The van der Waals surface area contributed by atoms with Crippen molar-refractivity contribution >= 4 is 64.1 Å². The van der Waals surface area contributed by atoms with Crippen molar-refractivity contribution in [3.63, 3.8) is 0 Å². The molecule has 0 aliphatic rings. The first kappa shape index (κ1) is 19.9. The van der Waals surface area contributed by atoms with Crippen molar-refractivity contribution in [2.45, 2.75) is 4.90 Å². The zero-order valence-electron chi connectivity index (χ0n) is 13.3. The van der Waals surface area contributed by atoms with E-state index in [-0.39, 0.29) is 24.1 Å². The highest BCUT2D eigenvalue weighted by Crippen LogP contribution is 2.30. The third kappa shape index (κ3) is 5.82. The quantitative estimate of drug-likeness (QED) is 0.684. The van der Waals surface area contributed by atoms with Crippen LogP contribution in [0.3, 0.4) is 0 Å². The summed E-state index contributed by atoms with van der Waals surface area (Å²) in [5, 5.41) is 3.89. The van der Waals surface area contributed by atoms with Crippen molar-refractivity contribution < 1.29 is 9.59 Å². The Hall–Kier alpha value is -1.40. The highest BCUT2D eigenvalue weighted by molar-refractivity contribution is 8.00. The number of amides is 2. The van der Waals surface area contributed by atoms with E-state index < -0.39 is 0 Å². The first-order chi connectivity index (χ1) is 11.9. The minimum atomic E-state index is -0.381. The van der Waals surface area contributed by atoms with Crippen LogP contribution in [-0.2, 0) is 9.59 Å². The molecule has 2 aromatic rings. The summed E-state index contributed by atoms with van der Waals surface area (Å²) in [5.74, 6) is -0.390. The third-order valence-electron chi connectivity index (χ3n) is 3.22. The maximum Gasteiger partial charge on any atom is 0.244 e. The Balaban J connectivity index is 1.88.